The molecule has 1 amide bonds. The van der Waals surface area contributed by atoms with Crippen LogP contribution in [0.4, 0.5) is 5.95 Å². The fourth-order valence-electron chi connectivity index (χ4n) is 3.77. The first-order chi connectivity index (χ1) is 14.4. The van der Waals surface area contributed by atoms with Gasteiger partial charge in [-0.25, -0.2) is 9.97 Å². The molecular weight excluding hydrogens is 374 g/mol. The van der Waals surface area contributed by atoms with Gasteiger partial charge in [0, 0.05) is 18.2 Å². The minimum atomic E-state index is -0.266. The van der Waals surface area contributed by atoms with Crippen molar-refractivity contribution in [2.24, 2.45) is 0 Å². The maximum atomic E-state index is 12.7. The molecular formula is C25H25N3O2. The molecule has 0 saturated carbocycles. The summed E-state index contributed by atoms with van der Waals surface area (Å²) in [5.74, 6) is 0.563. The number of aryl methyl sites for hydroxylation is 1. The molecule has 30 heavy (non-hydrogen) atoms. The van der Waals surface area contributed by atoms with Gasteiger partial charge >= 0.3 is 0 Å². The van der Waals surface area contributed by atoms with Crippen molar-refractivity contribution in [2.75, 3.05) is 5.32 Å². The maximum absolute atomic E-state index is 12.7. The highest BCUT2D eigenvalue weighted by atomic mass is 16.1. The normalized spacial score (nSPS) is 15.7. The summed E-state index contributed by atoms with van der Waals surface area (Å²) >= 11 is 0. The zero-order chi connectivity index (χ0) is 21.3. The Morgan fingerprint density at radius 1 is 1.03 bits per heavy atom. The minimum Gasteiger partial charge on any atom is -0.294 e. The summed E-state index contributed by atoms with van der Waals surface area (Å²) in [6, 6.07) is 15.8. The van der Waals surface area contributed by atoms with E-state index in [9.17, 15) is 9.59 Å². The van der Waals surface area contributed by atoms with Crippen molar-refractivity contribution < 1.29 is 9.59 Å². The molecule has 0 fully saturated rings. The van der Waals surface area contributed by atoms with E-state index in [2.05, 4.69) is 53.4 Å². The van der Waals surface area contributed by atoms with E-state index in [0.29, 0.717) is 35.6 Å². The summed E-state index contributed by atoms with van der Waals surface area (Å²) in [6.45, 7) is 6.30. The molecule has 1 aliphatic rings. The average Bonchev–Trinajstić information content (AvgIpc) is 2.74. The van der Waals surface area contributed by atoms with Crippen LogP contribution in [0.3, 0.4) is 0 Å². The van der Waals surface area contributed by atoms with Gasteiger partial charge in [-0.05, 0) is 48.4 Å². The zero-order valence-electron chi connectivity index (χ0n) is 17.5. The molecule has 5 heteroatoms. The van der Waals surface area contributed by atoms with Crippen molar-refractivity contribution >= 4 is 17.6 Å². The zero-order valence-corrected chi connectivity index (χ0v) is 17.5. The number of aromatic nitrogens is 2. The molecule has 3 aromatic rings. The quantitative estimate of drug-likeness (QED) is 0.664. The number of nitrogens with one attached hydrogen (secondary N) is 1. The van der Waals surface area contributed by atoms with Crippen molar-refractivity contribution in [3.63, 3.8) is 0 Å². The van der Waals surface area contributed by atoms with Gasteiger partial charge in [0.05, 0.1) is 11.3 Å². The molecule has 0 radical (unpaired) electrons. The van der Waals surface area contributed by atoms with Gasteiger partial charge in [0.2, 0.25) is 5.95 Å². The smallest absolute Gasteiger partial charge is 0.258 e. The van der Waals surface area contributed by atoms with E-state index in [4.69, 9.17) is 0 Å². The van der Waals surface area contributed by atoms with Gasteiger partial charge in [0.25, 0.3) is 5.91 Å². The van der Waals surface area contributed by atoms with E-state index in [1.165, 1.54) is 11.8 Å². The molecule has 1 atom stereocenters. The lowest BCUT2D eigenvalue weighted by molar-refractivity contribution is 0.0962. The first kappa shape index (κ1) is 20.0. The number of benzene rings is 2. The third-order valence-electron chi connectivity index (χ3n) is 5.65. The highest BCUT2D eigenvalue weighted by Crippen LogP contribution is 2.32. The van der Waals surface area contributed by atoms with Crippen molar-refractivity contribution in [1.29, 1.82) is 0 Å². The van der Waals surface area contributed by atoms with Crippen LogP contribution in [-0.2, 0) is 6.42 Å². The first-order valence-electron chi connectivity index (χ1n) is 10.3. The largest absolute Gasteiger partial charge is 0.294 e. The summed E-state index contributed by atoms with van der Waals surface area (Å²) in [7, 11) is 0. The lowest BCUT2D eigenvalue weighted by atomic mass is 9.81. The van der Waals surface area contributed by atoms with Crippen molar-refractivity contribution in [3.05, 3.63) is 88.2 Å². The first-order valence-corrected chi connectivity index (χ1v) is 10.3. The summed E-state index contributed by atoms with van der Waals surface area (Å²) < 4.78 is 0. The Morgan fingerprint density at radius 2 is 1.73 bits per heavy atom. The highest BCUT2D eigenvalue weighted by Gasteiger charge is 2.28. The molecule has 0 aliphatic heterocycles. The number of ketones is 1. The van der Waals surface area contributed by atoms with Gasteiger partial charge in [0.15, 0.2) is 5.78 Å². The SMILES string of the molecule is Cc1ccc(C(=O)Nc2ncc3c(n2)CC(c2ccc(C(C)C)cc2)CC3=O)cc1. The summed E-state index contributed by atoms with van der Waals surface area (Å²) in [5.41, 5.74) is 5.30. The Balaban J connectivity index is 1.54. The molecule has 1 aromatic heterocycles. The molecule has 0 bridgehead atoms. The molecule has 1 unspecified atom stereocenters. The van der Waals surface area contributed by atoms with E-state index in [1.54, 1.807) is 12.1 Å². The van der Waals surface area contributed by atoms with Crippen molar-refractivity contribution in [3.8, 4) is 0 Å². The number of amides is 1. The number of rotatable bonds is 4. The Labute approximate surface area is 176 Å². The standard InChI is InChI=1S/C25H25N3O2/c1-15(2)17-8-10-18(11-9-17)20-12-22-21(23(29)13-20)14-26-25(27-22)28-24(30)19-6-4-16(3)5-7-19/h4-11,14-15,20H,12-13H2,1-3H3,(H,26,27,28,30). The number of anilines is 1. The fraction of sp³-hybridized carbons (Fsp3) is 0.280. The topological polar surface area (TPSA) is 72.0 Å². The van der Waals surface area contributed by atoms with Crippen LogP contribution in [-0.4, -0.2) is 21.7 Å². The van der Waals surface area contributed by atoms with Gasteiger partial charge < -0.3 is 0 Å². The van der Waals surface area contributed by atoms with Gasteiger partial charge in [-0.3, -0.25) is 14.9 Å². The summed E-state index contributed by atoms with van der Waals surface area (Å²) in [6.07, 6.45) is 2.64. The predicted molar refractivity (Wildman–Crippen MR) is 117 cm³/mol. The molecule has 1 heterocycles. The lowest BCUT2D eigenvalue weighted by Gasteiger charge is -2.23. The van der Waals surface area contributed by atoms with Crippen molar-refractivity contribution in [2.45, 2.75) is 45.4 Å². The minimum absolute atomic E-state index is 0.0468. The lowest BCUT2D eigenvalue weighted by Crippen LogP contribution is -2.22. The van der Waals surface area contributed by atoms with Crippen molar-refractivity contribution in [1.82, 2.24) is 9.97 Å². The molecule has 0 saturated heterocycles. The monoisotopic (exact) mass is 399 g/mol. The Kier molecular flexibility index (Phi) is 5.44. The van der Waals surface area contributed by atoms with Crippen LogP contribution in [0.2, 0.25) is 0 Å². The Hall–Kier alpha value is -3.34. The molecule has 152 valence electrons. The van der Waals surface area contributed by atoms with Gasteiger partial charge in [-0.15, -0.1) is 0 Å². The maximum Gasteiger partial charge on any atom is 0.258 e. The van der Waals surface area contributed by atoms with Crippen LogP contribution in [0, 0.1) is 6.92 Å². The van der Waals surface area contributed by atoms with Crippen LogP contribution in [0.25, 0.3) is 0 Å². The molecule has 2 aromatic carbocycles. The van der Waals surface area contributed by atoms with Crippen LogP contribution in [0.1, 0.15) is 75.2 Å². The second-order valence-electron chi connectivity index (χ2n) is 8.22. The molecule has 1 aliphatic carbocycles. The average molecular weight is 399 g/mol. The number of nitrogens with zero attached hydrogens (tertiary/aromatic N) is 2. The second-order valence-corrected chi connectivity index (χ2v) is 8.22. The number of hydrogen-bond donors (Lipinski definition) is 1. The number of fused-ring (bicyclic) bond motifs is 1. The van der Waals surface area contributed by atoms with Crippen LogP contribution in [0.15, 0.2) is 54.7 Å². The molecule has 5 nitrogen and oxygen atoms in total. The number of carbonyl (C=O) groups is 2. The third-order valence-corrected chi connectivity index (χ3v) is 5.65. The van der Waals surface area contributed by atoms with Gasteiger partial charge in [-0.2, -0.15) is 0 Å². The molecule has 1 N–H and O–H groups in total. The Morgan fingerprint density at radius 3 is 2.40 bits per heavy atom. The highest BCUT2D eigenvalue weighted by molar-refractivity contribution is 6.03. The summed E-state index contributed by atoms with van der Waals surface area (Å²) in [4.78, 5) is 33.8. The second kappa shape index (κ2) is 8.19. The van der Waals surface area contributed by atoms with E-state index in [0.717, 1.165) is 11.1 Å². The van der Waals surface area contributed by atoms with Crippen LogP contribution in [0.5, 0.6) is 0 Å². The van der Waals surface area contributed by atoms with Gasteiger partial charge in [0.1, 0.15) is 0 Å². The molecule has 4 rings (SSSR count). The van der Waals surface area contributed by atoms with Crippen LogP contribution >= 0.6 is 0 Å². The summed E-state index contributed by atoms with van der Waals surface area (Å²) in [5, 5.41) is 2.74. The number of Topliss-reactive ketones (excluding diaryl/α,β-unsaturated/α-hetero) is 1. The predicted octanol–water partition coefficient (Wildman–Crippen LogP) is 5.07. The Bertz CT molecular complexity index is 1090. The van der Waals surface area contributed by atoms with E-state index < -0.39 is 0 Å². The van der Waals surface area contributed by atoms with E-state index in [1.807, 2.05) is 19.1 Å². The van der Waals surface area contributed by atoms with Gasteiger partial charge in [-0.1, -0.05) is 55.8 Å². The molecule has 0 spiro atoms. The third kappa shape index (κ3) is 4.15. The van der Waals surface area contributed by atoms with E-state index >= 15 is 0 Å². The fourth-order valence-corrected chi connectivity index (χ4v) is 3.77. The van der Waals surface area contributed by atoms with E-state index in [-0.39, 0.29) is 23.6 Å². The number of hydrogen-bond acceptors (Lipinski definition) is 4. The van der Waals surface area contributed by atoms with Crippen LogP contribution < -0.4 is 5.32 Å². The number of carbonyl (C=O) groups excluding carboxylic acids is 2.